The van der Waals surface area contributed by atoms with Crippen LogP contribution in [0.1, 0.15) is 284 Å². The van der Waals surface area contributed by atoms with Crippen LogP contribution in [0, 0.1) is 0 Å². The van der Waals surface area contributed by atoms with Gasteiger partial charge in [0, 0.05) is 0 Å². The van der Waals surface area contributed by atoms with Crippen molar-refractivity contribution in [1.82, 2.24) is 5.32 Å². The van der Waals surface area contributed by atoms with E-state index in [1.807, 2.05) is 6.08 Å². The lowest BCUT2D eigenvalue weighted by molar-refractivity contribution is -0.131. The molecule has 60 heavy (non-hydrogen) atoms. The molecule has 1 amide bonds. The van der Waals surface area contributed by atoms with E-state index >= 15 is 0 Å². The summed E-state index contributed by atoms with van der Waals surface area (Å²) in [6, 6.07) is -0.815. The molecular formula is C55H105NO4. The van der Waals surface area contributed by atoms with E-state index in [2.05, 4.69) is 43.5 Å². The van der Waals surface area contributed by atoms with E-state index in [0.29, 0.717) is 6.42 Å². The molecule has 0 rings (SSSR count). The third-order valence-electron chi connectivity index (χ3n) is 12.5. The maximum atomic E-state index is 12.5. The van der Waals surface area contributed by atoms with Crippen LogP contribution in [0.5, 0.6) is 0 Å². The lowest BCUT2D eigenvalue weighted by atomic mass is 10.0. The van der Waals surface area contributed by atoms with Crippen molar-refractivity contribution >= 4 is 5.91 Å². The van der Waals surface area contributed by atoms with Crippen LogP contribution in [0.3, 0.4) is 0 Å². The quantitative estimate of drug-likeness (QED) is 0.0363. The van der Waals surface area contributed by atoms with Crippen LogP contribution < -0.4 is 5.32 Å². The van der Waals surface area contributed by atoms with Crippen molar-refractivity contribution in [3.63, 3.8) is 0 Å². The first kappa shape index (κ1) is 58.6. The van der Waals surface area contributed by atoms with Gasteiger partial charge in [-0.1, -0.05) is 262 Å². The van der Waals surface area contributed by atoms with Crippen molar-refractivity contribution in [1.29, 1.82) is 0 Å². The van der Waals surface area contributed by atoms with Crippen LogP contribution in [-0.4, -0.2) is 46.1 Å². The molecule has 5 nitrogen and oxygen atoms in total. The van der Waals surface area contributed by atoms with E-state index in [9.17, 15) is 20.1 Å². The Hall–Kier alpha value is -1.43. The molecule has 4 N–H and O–H groups in total. The second-order valence-electron chi connectivity index (χ2n) is 18.4. The van der Waals surface area contributed by atoms with Gasteiger partial charge in [-0.05, 0) is 57.8 Å². The van der Waals surface area contributed by atoms with Crippen LogP contribution in [0.15, 0.2) is 36.5 Å². The average molecular weight is 844 g/mol. The minimum atomic E-state index is -1.11. The van der Waals surface area contributed by atoms with Crippen LogP contribution >= 0.6 is 0 Å². The van der Waals surface area contributed by atoms with E-state index < -0.39 is 24.2 Å². The summed E-state index contributed by atoms with van der Waals surface area (Å²) in [7, 11) is 0. The Balaban J connectivity index is 3.62. The summed E-state index contributed by atoms with van der Waals surface area (Å²) in [5, 5.41) is 33.3. The van der Waals surface area contributed by atoms with Gasteiger partial charge >= 0.3 is 0 Å². The summed E-state index contributed by atoms with van der Waals surface area (Å²) >= 11 is 0. The number of unbranched alkanes of at least 4 members (excludes halogenated alkanes) is 37. The van der Waals surface area contributed by atoms with Crippen molar-refractivity contribution in [2.75, 3.05) is 6.61 Å². The van der Waals surface area contributed by atoms with Crippen LogP contribution in [0.4, 0.5) is 0 Å². The van der Waals surface area contributed by atoms with Gasteiger partial charge in [-0.15, -0.1) is 0 Å². The van der Waals surface area contributed by atoms with Gasteiger partial charge in [0.15, 0.2) is 0 Å². The molecule has 0 aromatic carbocycles. The lowest BCUT2D eigenvalue weighted by Gasteiger charge is -2.21. The van der Waals surface area contributed by atoms with Gasteiger partial charge in [0.25, 0.3) is 0 Å². The molecule has 0 radical (unpaired) electrons. The molecule has 0 saturated heterocycles. The zero-order chi connectivity index (χ0) is 43.7. The Kier molecular flexibility index (Phi) is 49.0. The number of allylic oxidation sites excluding steroid dienone is 5. The summed E-state index contributed by atoms with van der Waals surface area (Å²) in [4.78, 5) is 12.5. The summed E-state index contributed by atoms with van der Waals surface area (Å²) in [6.45, 7) is 4.20. The highest BCUT2D eigenvalue weighted by Gasteiger charge is 2.22. The zero-order valence-corrected chi connectivity index (χ0v) is 40.4. The fraction of sp³-hybridized carbons (Fsp3) is 0.873. The van der Waals surface area contributed by atoms with Gasteiger partial charge < -0.3 is 20.6 Å². The molecule has 0 aliphatic rings. The van der Waals surface area contributed by atoms with Crippen LogP contribution in [-0.2, 0) is 4.79 Å². The Bertz CT molecular complexity index is 931. The first-order chi connectivity index (χ1) is 29.6. The maximum absolute atomic E-state index is 12.5. The molecule has 0 spiro atoms. The van der Waals surface area contributed by atoms with Gasteiger partial charge in [0.2, 0.25) is 5.91 Å². The predicted octanol–water partition coefficient (Wildman–Crippen LogP) is 16.3. The van der Waals surface area contributed by atoms with Crippen molar-refractivity contribution in [2.24, 2.45) is 0 Å². The van der Waals surface area contributed by atoms with Crippen molar-refractivity contribution in [2.45, 2.75) is 302 Å². The van der Waals surface area contributed by atoms with Gasteiger partial charge in [-0.25, -0.2) is 0 Å². The van der Waals surface area contributed by atoms with E-state index in [4.69, 9.17) is 0 Å². The Morgan fingerprint density at radius 1 is 0.400 bits per heavy atom. The molecule has 0 heterocycles. The molecule has 0 aromatic heterocycles. The van der Waals surface area contributed by atoms with Crippen LogP contribution in [0.2, 0.25) is 0 Å². The normalized spacial score (nSPS) is 13.6. The SMILES string of the molecule is CCCCCCCCCCCCCC/C=C\CCCCCCCCCCCCC(O)C(=O)NC(CO)C(O)/C=C/CC/C=C/CCCCCCCCCCCCCCCC. The second kappa shape index (κ2) is 50.2. The number of aliphatic hydroxyl groups excluding tert-OH is 3. The van der Waals surface area contributed by atoms with Gasteiger partial charge in [-0.3, -0.25) is 4.79 Å². The number of carbonyl (C=O) groups is 1. The predicted molar refractivity (Wildman–Crippen MR) is 264 cm³/mol. The summed E-state index contributed by atoms with van der Waals surface area (Å²) in [6.07, 6.45) is 65.0. The molecule has 0 bridgehead atoms. The Morgan fingerprint density at radius 2 is 0.683 bits per heavy atom. The first-order valence-electron chi connectivity index (χ1n) is 26.8. The molecule has 5 heteroatoms. The van der Waals surface area contributed by atoms with E-state index in [0.717, 1.165) is 38.5 Å². The maximum Gasteiger partial charge on any atom is 0.249 e. The summed E-state index contributed by atoms with van der Waals surface area (Å²) in [5.74, 6) is -0.511. The van der Waals surface area contributed by atoms with E-state index in [1.54, 1.807) is 6.08 Å². The standard InChI is InChI=1S/C55H105NO4/c1-3-5-7-9-11-13-15-17-19-21-23-25-26-27-28-29-30-32-34-36-38-40-42-44-46-48-50-54(59)55(60)56-52(51-57)53(58)49-47-45-43-41-39-37-35-33-31-24-22-20-18-16-14-12-10-8-6-4-2/h27-28,39,41,47,49,52-54,57-59H,3-26,29-38,40,42-46,48,50-51H2,1-2H3,(H,56,60)/b28-27-,41-39+,49-47+. The summed E-state index contributed by atoms with van der Waals surface area (Å²) in [5.41, 5.74) is 0. The molecule has 3 atom stereocenters. The Labute approximate surface area is 374 Å². The average Bonchev–Trinajstić information content (AvgIpc) is 3.25. The number of nitrogens with one attached hydrogen (secondary N) is 1. The molecular weight excluding hydrogens is 739 g/mol. The smallest absolute Gasteiger partial charge is 0.249 e. The van der Waals surface area contributed by atoms with E-state index in [-0.39, 0.29) is 6.61 Å². The third-order valence-corrected chi connectivity index (χ3v) is 12.5. The van der Waals surface area contributed by atoms with Gasteiger partial charge in [-0.2, -0.15) is 0 Å². The number of rotatable bonds is 49. The first-order valence-corrected chi connectivity index (χ1v) is 26.8. The fourth-order valence-electron chi connectivity index (χ4n) is 8.26. The fourth-order valence-corrected chi connectivity index (χ4v) is 8.26. The highest BCUT2D eigenvalue weighted by molar-refractivity contribution is 5.80. The summed E-state index contributed by atoms with van der Waals surface area (Å²) < 4.78 is 0. The number of aliphatic hydroxyl groups is 3. The highest BCUT2D eigenvalue weighted by atomic mass is 16.3. The monoisotopic (exact) mass is 844 g/mol. The minimum Gasteiger partial charge on any atom is -0.394 e. The molecule has 354 valence electrons. The molecule has 0 aromatic rings. The van der Waals surface area contributed by atoms with Crippen molar-refractivity contribution in [3.8, 4) is 0 Å². The topological polar surface area (TPSA) is 89.8 Å². The van der Waals surface area contributed by atoms with Crippen LogP contribution in [0.25, 0.3) is 0 Å². The second-order valence-corrected chi connectivity index (χ2v) is 18.4. The number of amides is 1. The highest BCUT2D eigenvalue weighted by Crippen LogP contribution is 2.16. The molecule has 0 saturated carbocycles. The van der Waals surface area contributed by atoms with Crippen molar-refractivity contribution in [3.05, 3.63) is 36.5 Å². The minimum absolute atomic E-state index is 0.375. The molecule has 0 aliphatic carbocycles. The number of hydrogen-bond donors (Lipinski definition) is 4. The third kappa shape index (κ3) is 44.6. The molecule has 0 fully saturated rings. The number of hydrogen-bond acceptors (Lipinski definition) is 4. The lowest BCUT2D eigenvalue weighted by Crippen LogP contribution is -2.48. The molecule has 0 aliphatic heterocycles. The van der Waals surface area contributed by atoms with Gasteiger partial charge in [0.05, 0.1) is 18.8 Å². The zero-order valence-electron chi connectivity index (χ0n) is 40.4. The Morgan fingerprint density at radius 3 is 1.02 bits per heavy atom. The van der Waals surface area contributed by atoms with Gasteiger partial charge in [0.1, 0.15) is 6.10 Å². The van der Waals surface area contributed by atoms with Crippen molar-refractivity contribution < 1.29 is 20.1 Å². The largest absolute Gasteiger partial charge is 0.394 e. The molecule has 3 unspecified atom stereocenters. The number of carbonyl (C=O) groups excluding carboxylic acids is 1. The van der Waals surface area contributed by atoms with E-state index in [1.165, 1.54) is 225 Å².